The molecular formula is C27H38N4O4S. The van der Waals surface area contributed by atoms with Gasteiger partial charge in [0.2, 0.25) is 0 Å². The van der Waals surface area contributed by atoms with Crippen molar-refractivity contribution in [1.82, 2.24) is 19.1 Å². The normalized spacial score (nSPS) is 25.5. The zero-order chi connectivity index (χ0) is 25.3. The van der Waals surface area contributed by atoms with Gasteiger partial charge in [-0.1, -0.05) is 42.4 Å². The van der Waals surface area contributed by atoms with Crippen molar-refractivity contribution in [1.29, 1.82) is 0 Å². The van der Waals surface area contributed by atoms with Gasteiger partial charge in [-0.2, -0.15) is 17.0 Å². The van der Waals surface area contributed by atoms with Crippen molar-refractivity contribution in [2.45, 2.75) is 82.7 Å². The maximum atomic E-state index is 13.5. The van der Waals surface area contributed by atoms with E-state index in [-0.39, 0.29) is 18.0 Å². The lowest BCUT2D eigenvalue weighted by atomic mass is 9.85. The average Bonchev–Trinajstić information content (AvgIpc) is 3.60. The van der Waals surface area contributed by atoms with E-state index in [0.29, 0.717) is 55.9 Å². The van der Waals surface area contributed by atoms with E-state index < -0.39 is 10.2 Å². The van der Waals surface area contributed by atoms with Crippen molar-refractivity contribution < 1.29 is 17.7 Å². The molecule has 3 atom stereocenters. The van der Waals surface area contributed by atoms with Gasteiger partial charge in [-0.05, 0) is 69.3 Å². The van der Waals surface area contributed by atoms with E-state index in [1.54, 1.807) is 14.7 Å². The van der Waals surface area contributed by atoms with Crippen molar-refractivity contribution in [3.8, 4) is 0 Å². The number of hydrogen-bond donors (Lipinski definition) is 1. The topological polar surface area (TPSA) is 95.8 Å². The number of rotatable bonds is 8. The Bertz CT molecular complexity index is 1140. The Morgan fingerprint density at radius 2 is 1.83 bits per heavy atom. The summed E-state index contributed by atoms with van der Waals surface area (Å²) >= 11 is 0. The zero-order valence-corrected chi connectivity index (χ0v) is 22.1. The summed E-state index contributed by atoms with van der Waals surface area (Å²) in [5.74, 6) is 1.97. The molecule has 0 unspecified atom stereocenters. The molecule has 3 aliphatic rings. The highest BCUT2D eigenvalue weighted by molar-refractivity contribution is 7.86. The second-order valence-electron chi connectivity index (χ2n) is 10.9. The van der Waals surface area contributed by atoms with Gasteiger partial charge in [0.05, 0.1) is 0 Å². The predicted molar refractivity (Wildman–Crippen MR) is 138 cm³/mol. The van der Waals surface area contributed by atoms with E-state index >= 15 is 0 Å². The first kappa shape index (κ1) is 25.4. The number of amides is 1. The molecule has 2 aliphatic heterocycles. The Morgan fingerprint density at radius 3 is 2.50 bits per heavy atom. The molecule has 5 rings (SSSR count). The number of carbonyl (C=O) groups is 1. The minimum Gasteiger partial charge on any atom is -0.360 e. The van der Waals surface area contributed by atoms with Gasteiger partial charge in [-0.15, -0.1) is 0 Å². The van der Waals surface area contributed by atoms with Crippen LogP contribution < -0.4 is 5.32 Å². The molecule has 1 aliphatic carbocycles. The summed E-state index contributed by atoms with van der Waals surface area (Å²) in [7, 11) is -3.52. The Kier molecular flexibility index (Phi) is 7.51. The van der Waals surface area contributed by atoms with Crippen LogP contribution in [-0.2, 0) is 10.2 Å². The van der Waals surface area contributed by atoms with E-state index in [1.807, 2.05) is 13.0 Å². The maximum Gasteiger partial charge on any atom is 0.282 e. The zero-order valence-electron chi connectivity index (χ0n) is 21.3. The molecule has 1 saturated carbocycles. The van der Waals surface area contributed by atoms with Gasteiger partial charge in [0.15, 0.2) is 5.69 Å². The standard InChI is InChI=1S/C27H38N4O4S/c1-19(22-6-4-3-5-7-22)16-21-10-13-30(14-11-21)36(33,34)31-15-12-24(17-20(31)2)28-27(32)25-18-26(35-29-25)23-8-9-23/h3-7,18-21,23-24H,8-17H2,1-2H3,(H,28,32)/t19-,20-,24-/m0/s1. The van der Waals surface area contributed by atoms with Gasteiger partial charge < -0.3 is 9.84 Å². The molecule has 1 aromatic heterocycles. The summed E-state index contributed by atoms with van der Waals surface area (Å²) in [5.41, 5.74) is 1.66. The minimum atomic E-state index is -3.52. The fourth-order valence-corrected chi connectivity index (χ4v) is 7.63. The van der Waals surface area contributed by atoms with Crippen LogP contribution >= 0.6 is 0 Å². The summed E-state index contributed by atoms with van der Waals surface area (Å²) in [6.07, 6.45) is 6.25. The lowest BCUT2D eigenvalue weighted by Crippen LogP contribution is -2.55. The maximum absolute atomic E-state index is 13.5. The Morgan fingerprint density at radius 1 is 1.11 bits per heavy atom. The number of hydrogen-bond acceptors (Lipinski definition) is 5. The second-order valence-corrected chi connectivity index (χ2v) is 12.8. The lowest BCUT2D eigenvalue weighted by molar-refractivity contribution is 0.0903. The van der Waals surface area contributed by atoms with Crippen LogP contribution in [0.4, 0.5) is 0 Å². The molecule has 3 fully saturated rings. The largest absolute Gasteiger partial charge is 0.360 e. The highest BCUT2D eigenvalue weighted by Gasteiger charge is 2.39. The van der Waals surface area contributed by atoms with Crippen molar-refractivity contribution in [3.05, 3.63) is 53.4 Å². The smallest absolute Gasteiger partial charge is 0.282 e. The van der Waals surface area contributed by atoms with E-state index in [1.165, 1.54) is 5.56 Å². The van der Waals surface area contributed by atoms with Crippen LogP contribution in [0.2, 0.25) is 0 Å². The van der Waals surface area contributed by atoms with Crippen molar-refractivity contribution in [3.63, 3.8) is 0 Å². The number of nitrogens with zero attached hydrogens (tertiary/aromatic N) is 3. The van der Waals surface area contributed by atoms with Gasteiger partial charge in [0.25, 0.3) is 16.1 Å². The van der Waals surface area contributed by atoms with Crippen LogP contribution in [0.1, 0.15) is 92.4 Å². The molecule has 8 nitrogen and oxygen atoms in total. The van der Waals surface area contributed by atoms with E-state index in [0.717, 1.165) is 37.9 Å². The fourth-order valence-electron chi connectivity index (χ4n) is 5.78. The number of benzene rings is 1. The Balaban J connectivity index is 1.10. The number of aromatic nitrogens is 1. The molecule has 0 radical (unpaired) electrons. The first-order valence-corrected chi connectivity index (χ1v) is 14.8. The molecule has 1 N–H and O–H groups in total. The fraction of sp³-hybridized carbons (Fsp3) is 0.630. The molecule has 36 heavy (non-hydrogen) atoms. The SMILES string of the molecule is C[C@@H](CC1CCN(S(=O)(=O)N2CC[C@H](NC(=O)c3cc(C4CC4)on3)C[C@@H]2C)CC1)c1ccccc1. The third kappa shape index (κ3) is 5.68. The molecule has 2 aromatic rings. The number of nitrogens with one attached hydrogen (secondary N) is 1. The number of carbonyl (C=O) groups excluding carboxylic acids is 1. The van der Waals surface area contributed by atoms with Gasteiger partial charge in [-0.3, -0.25) is 4.79 Å². The van der Waals surface area contributed by atoms with Gasteiger partial charge in [-0.25, -0.2) is 0 Å². The second kappa shape index (κ2) is 10.6. The molecule has 196 valence electrons. The summed E-state index contributed by atoms with van der Waals surface area (Å²) in [5, 5.41) is 6.95. The minimum absolute atomic E-state index is 0.0785. The summed E-state index contributed by atoms with van der Waals surface area (Å²) < 4.78 is 35.5. The van der Waals surface area contributed by atoms with Gasteiger partial charge in [0, 0.05) is 43.7 Å². The molecule has 3 heterocycles. The van der Waals surface area contributed by atoms with Crippen LogP contribution in [0, 0.1) is 5.92 Å². The van der Waals surface area contributed by atoms with Crippen molar-refractivity contribution in [2.24, 2.45) is 5.92 Å². The molecule has 0 spiro atoms. The monoisotopic (exact) mass is 514 g/mol. The lowest BCUT2D eigenvalue weighted by Gasteiger charge is -2.41. The van der Waals surface area contributed by atoms with E-state index in [2.05, 4.69) is 41.7 Å². The van der Waals surface area contributed by atoms with Crippen LogP contribution in [0.25, 0.3) is 0 Å². The highest BCUT2D eigenvalue weighted by atomic mass is 32.2. The quantitative estimate of drug-likeness (QED) is 0.567. The van der Waals surface area contributed by atoms with Gasteiger partial charge >= 0.3 is 0 Å². The first-order valence-electron chi connectivity index (χ1n) is 13.4. The average molecular weight is 515 g/mol. The predicted octanol–water partition coefficient (Wildman–Crippen LogP) is 4.29. The van der Waals surface area contributed by atoms with Crippen molar-refractivity contribution >= 4 is 16.1 Å². The molecule has 0 bridgehead atoms. The summed E-state index contributed by atoms with van der Waals surface area (Å²) in [6.45, 7) is 5.76. The first-order chi connectivity index (χ1) is 17.3. The Labute approximate surface area is 214 Å². The third-order valence-electron chi connectivity index (χ3n) is 8.14. The summed E-state index contributed by atoms with van der Waals surface area (Å²) in [6, 6.07) is 12.0. The van der Waals surface area contributed by atoms with E-state index in [4.69, 9.17) is 4.52 Å². The molecule has 2 saturated heterocycles. The third-order valence-corrected chi connectivity index (χ3v) is 10.3. The Hall–Kier alpha value is -2.23. The van der Waals surface area contributed by atoms with Crippen molar-refractivity contribution in [2.75, 3.05) is 19.6 Å². The number of piperidine rings is 2. The molecule has 1 aromatic carbocycles. The van der Waals surface area contributed by atoms with E-state index in [9.17, 15) is 13.2 Å². The summed E-state index contributed by atoms with van der Waals surface area (Å²) in [4.78, 5) is 12.6. The van der Waals surface area contributed by atoms with Crippen LogP contribution in [0.15, 0.2) is 40.9 Å². The molecule has 1 amide bonds. The van der Waals surface area contributed by atoms with Gasteiger partial charge in [0.1, 0.15) is 5.76 Å². The molecule has 9 heteroatoms. The molecular weight excluding hydrogens is 476 g/mol. The van der Waals surface area contributed by atoms with Crippen LogP contribution in [-0.4, -0.2) is 59.8 Å². The van der Waals surface area contributed by atoms with Crippen LogP contribution in [0.3, 0.4) is 0 Å². The highest BCUT2D eigenvalue weighted by Crippen LogP contribution is 2.40. The van der Waals surface area contributed by atoms with Crippen LogP contribution in [0.5, 0.6) is 0 Å².